The fourth-order valence-electron chi connectivity index (χ4n) is 4.22. The summed E-state index contributed by atoms with van der Waals surface area (Å²) in [6.45, 7) is 6.98. The molecule has 0 spiro atoms. The second kappa shape index (κ2) is 3.65. The van der Waals surface area contributed by atoms with Crippen molar-refractivity contribution in [2.45, 2.75) is 46.1 Å². The fraction of sp³-hybridized carbons (Fsp3) is 0.714. The molecule has 2 aliphatic rings. The molecular formula is C14H20FN3. The second-order valence-corrected chi connectivity index (χ2v) is 6.72. The summed E-state index contributed by atoms with van der Waals surface area (Å²) in [5, 5.41) is 3.45. The lowest BCUT2D eigenvalue weighted by Gasteiger charge is -2.43. The van der Waals surface area contributed by atoms with Crippen molar-refractivity contribution in [3.8, 4) is 0 Å². The summed E-state index contributed by atoms with van der Waals surface area (Å²) in [5.41, 5.74) is 0.560. The van der Waals surface area contributed by atoms with Crippen LogP contribution in [0.5, 0.6) is 0 Å². The topological polar surface area (TPSA) is 37.8 Å². The van der Waals surface area contributed by atoms with Crippen molar-refractivity contribution >= 4 is 5.82 Å². The first-order chi connectivity index (χ1) is 8.42. The Kier molecular flexibility index (Phi) is 2.41. The zero-order chi connectivity index (χ0) is 13.0. The normalized spacial score (nSPS) is 36.9. The number of hydrogen-bond donors (Lipinski definition) is 1. The summed E-state index contributed by atoms with van der Waals surface area (Å²) in [6, 6.07) is 1.74. The number of hydrogen-bond acceptors (Lipinski definition) is 3. The Balaban J connectivity index is 1.88. The minimum Gasteiger partial charge on any atom is -0.366 e. The number of aromatic nitrogens is 2. The highest BCUT2D eigenvalue weighted by molar-refractivity contribution is 5.37. The van der Waals surface area contributed by atoms with Crippen LogP contribution < -0.4 is 5.32 Å². The van der Waals surface area contributed by atoms with Crippen LogP contribution in [0, 0.1) is 22.7 Å². The third-order valence-corrected chi connectivity index (χ3v) is 5.20. The smallest absolute Gasteiger partial charge is 0.217 e. The van der Waals surface area contributed by atoms with Gasteiger partial charge in [-0.15, -0.1) is 0 Å². The lowest BCUT2D eigenvalue weighted by atomic mass is 9.68. The highest BCUT2D eigenvalue weighted by atomic mass is 19.1. The first kappa shape index (κ1) is 11.9. The molecule has 2 fully saturated rings. The Morgan fingerprint density at radius 2 is 2.11 bits per heavy atom. The molecule has 4 heteroatoms. The highest BCUT2D eigenvalue weighted by Crippen LogP contribution is 2.62. The van der Waals surface area contributed by atoms with Gasteiger partial charge in [-0.05, 0) is 36.0 Å². The fourth-order valence-corrected chi connectivity index (χ4v) is 4.22. The molecule has 3 unspecified atom stereocenters. The van der Waals surface area contributed by atoms with Gasteiger partial charge in [0.15, 0.2) is 0 Å². The van der Waals surface area contributed by atoms with Crippen molar-refractivity contribution in [2.75, 3.05) is 5.32 Å². The van der Waals surface area contributed by atoms with Gasteiger partial charge >= 0.3 is 0 Å². The Morgan fingerprint density at radius 3 is 2.72 bits per heavy atom. The van der Waals surface area contributed by atoms with E-state index in [2.05, 4.69) is 36.1 Å². The zero-order valence-corrected chi connectivity index (χ0v) is 11.2. The predicted molar refractivity (Wildman–Crippen MR) is 68.6 cm³/mol. The lowest BCUT2D eigenvalue weighted by Crippen LogP contribution is -2.46. The molecule has 0 radical (unpaired) electrons. The molecule has 3 atom stereocenters. The molecule has 1 heterocycles. The van der Waals surface area contributed by atoms with Gasteiger partial charge < -0.3 is 5.32 Å². The van der Waals surface area contributed by atoms with Crippen LogP contribution in [0.15, 0.2) is 12.4 Å². The molecule has 2 bridgehead atoms. The monoisotopic (exact) mass is 249 g/mol. The van der Waals surface area contributed by atoms with Crippen molar-refractivity contribution in [2.24, 2.45) is 16.7 Å². The van der Waals surface area contributed by atoms with Crippen LogP contribution in [-0.4, -0.2) is 16.0 Å². The van der Waals surface area contributed by atoms with Crippen LogP contribution in [0.1, 0.15) is 40.0 Å². The van der Waals surface area contributed by atoms with Gasteiger partial charge in [-0.25, -0.2) is 9.97 Å². The van der Waals surface area contributed by atoms with Gasteiger partial charge in [0.25, 0.3) is 0 Å². The maximum atomic E-state index is 13.1. The molecule has 1 N–H and O–H groups in total. The molecule has 1 aromatic rings. The van der Waals surface area contributed by atoms with Crippen LogP contribution >= 0.6 is 0 Å². The second-order valence-electron chi connectivity index (χ2n) is 6.72. The summed E-state index contributed by atoms with van der Waals surface area (Å²) in [7, 11) is 0. The van der Waals surface area contributed by atoms with Crippen LogP contribution in [0.3, 0.4) is 0 Å². The van der Waals surface area contributed by atoms with E-state index in [1.807, 2.05) is 0 Å². The minimum absolute atomic E-state index is 0.244. The highest BCUT2D eigenvalue weighted by Gasteiger charge is 2.59. The number of nitrogens with one attached hydrogen (secondary N) is 1. The van der Waals surface area contributed by atoms with Crippen molar-refractivity contribution in [1.29, 1.82) is 0 Å². The van der Waals surface area contributed by atoms with E-state index in [0.29, 0.717) is 17.3 Å². The number of fused-ring (bicyclic) bond motifs is 2. The average Bonchev–Trinajstić information content (AvgIpc) is 2.76. The zero-order valence-electron chi connectivity index (χ0n) is 11.2. The van der Waals surface area contributed by atoms with E-state index < -0.39 is 5.95 Å². The molecule has 18 heavy (non-hydrogen) atoms. The molecule has 1 aromatic heterocycles. The molecule has 0 saturated heterocycles. The maximum Gasteiger partial charge on any atom is 0.217 e. The van der Waals surface area contributed by atoms with E-state index in [1.54, 1.807) is 0 Å². The SMILES string of the molecule is CC12CCC(C1)C(C)(C)C2Nc1cc(F)ncn1. The molecule has 0 aliphatic heterocycles. The van der Waals surface area contributed by atoms with Crippen LogP contribution in [0.25, 0.3) is 0 Å². The Bertz CT molecular complexity index is 469. The van der Waals surface area contributed by atoms with Gasteiger partial charge in [0.1, 0.15) is 12.1 Å². The van der Waals surface area contributed by atoms with Gasteiger partial charge in [-0.1, -0.05) is 20.8 Å². The van der Waals surface area contributed by atoms with Crippen molar-refractivity contribution in [3.05, 3.63) is 18.3 Å². The first-order valence-corrected chi connectivity index (χ1v) is 6.66. The molecule has 0 aromatic carbocycles. The molecule has 0 amide bonds. The number of rotatable bonds is 2. The van der Waals surface area contributed by atoms with E-state index in [4.69, 9.17) is 0 Å². The number of halogens is 1. The van der Waals surface area contributed by atoms with E-state index >= 15 is 0 Å². The Labute approximate surface area is 107 Å². The predicted octanol–water partition coefficient (Wildman–Crippen LogP) is 3.24. The van der Waals surface area contributed by atoms with E-state index in [-0.39, 0.29) is 5.41 Å². The quantitative estimate of drug-likeness (QED) is 0.818. The van der Waals surface area contributed by atoms with Crippen LogP contribution in [0.4, 0.5) is 10.2 Å². The Morgan fingerprint density at radius 1 is 1.33 bits per heavy atom. The molecule has 2 saturated carbocycles. The third-order valence-electron chi connectivity index (χ3n) is 5.20. The third kappa shape index (κ3) is 1.62. The van der Waals surface area contributed by atoms with Crippen LogP contribution in [0.2, 0.25) is 0 Å². The Hall–Kier alpha value is -1.19. The first-order valence-electron chi connectivity index (χ1n) is 6.66. The molecule has 98 valence electrons. The van der Waals surface area contributed by atoms with Gasteiger partial charge in [0.2, 0.25) is 5.95 Å². The van der Waals surface area contributed by atoms with E-state index in [0.717, 1.165) is 5.92 Å². The van der Waals surface area contributed by atoms with Crippen molar-refractivity contribution in [3.63, 3.8) is 0 Å². The summed E-state index contributed by atoms with van der Waals surface area (Å²) in [5.74, 6) is 0.902. The van der Waals surface area contributed by atoms with Gasteiger partial charge in [0.05, 0.1) is 0 Å². The average molecular weight is 249 g/mol. The van der Waals surface area contributed by atoms with Crippen molar-refractivity contribution in [1.82, 2.24) is 9.97 Å². The van der Waals surface area contributed by atoms with Gasteiger partial charge in [0, 0.05) is 12.1 Å². The molecular weight excluding hydrogens is 229 g/mol. The van der Waals surface area contributed by atoms with Gasteiger partial charge in [-0.2, -0.15) is 4.39 Å². The molecule has 2 aliphatic carbocycles. The largest absolute Gasteiger partial charge is 0.366 e. The van der Waals surface area contributed by atoms with Gasteiger partial charge in [-0.3, -0.25) is 0 Å². The number of anilines is 1. The molecule has 3 rings (SSSR count). The van der Waals surface area contributed by atoms with Crippen molar-refractivity contribution < 1.29 is 4.39 Å². The number of nitrogens with zero attached hydrogens (tertiary/aromatic N) is 2. The summed E-state index contributed by atoms with van der Waals surface area (Å²) < 4.78 is 13.1. The minimum atomic E-state index is -0.474. The molecule has 3 nitrogen and oxygen atoms in total. The summed E-state index contributed by atoms with van der Waals surface area (Å²) >= 11 is 0. The summed E-state index contributed by atoms with van der Waals surface area (Å²) in [6.07, 6.45) is 5.12. The van der Waals surface area contributed by atoms with Crippen LogP contribution in [-0.2, 0) is 0 Å². The maximum absolute atomic E-state index is 13.1. The lowest BCUT2D eigenvalue weighted by molar-refractivity contribution is 0.155. The standard InChI is InChI=1S/C14H20FN3/c1-13(2)9-4-5-14(3,7-9)12(13)18-11-6-10(15)16-8-17-11/h6,8-9,12H,4-5,7H2,1-3H3,(H,16,17,18). The summed E-state index contributed by atoms with van der Waals surface area (Å²) in [4.78, 5) is 7.62. The van der Waals surface area contributed by atoms with E-state index in [9.17, 15) is 4.39 Å². The van der Waals surface area contributed by atoms with E-state index in [1.165, 1.54) is 31.7 Å².